The number of hydrogen-bond acceptors (Lipinski definition) is 3. The minimum atomic E-state index is -1.00. The smallest absolute Gasteiger partial charge is 0.309 e. The maximum Gasteiger partial charge on any atom is 0.309 e. The lowest BCUT2D eigenvalue weighted by Crippen LogP contribution is -2.31. The molecule has 1 saturated heterocycles. The molecule has 6 heteroatoms. The molecule has 5 nitrogen and oxygen atoms in total. The van der Waals surface area contributed by atoms with E-state index >= 15 is 0 Å². The molecule has 0 spiro atoms. The van der Waals surface area contributed by atoms with E-state index in [1.54, 1.807) is 25.1 Å². The van der Waals surface area contributed by atoms with Crippen LogP contribution in [0.2, 0.25) is 5.02 Å². The second kappa shape index (κ2) is 6.91. The monoisotopic (exact) mass is 311 g/mol. The van der Waals surface area contributed by atoms with Gasteiger partial charge in [0, 0.05) is 23.7 Å². The summed E-state index contributed by atoms with van der Waals surface area (Å²) in [6.45, 7) is 2.36. The number of carboxylic acid groups (broad SMARTS) is 1. The van der Waals surface area contributed by atoms with E-state index in [0.29, 0.717) is 23.7 Å². The Bertz CT molecular complexity index is 540. The highest BCUT2D eigenvalue weighted by molar-refractivity contribution is 6.31. The Balaban J connectivity index is 2.02. The third-order valence-corrected chi connectivity index (χ3v) is 4.09. The number of aliphatic carboxylic acids is 1. The van der Waals surface area contributed by atoms with E-state index in [9.17, 15) is 14.7 Å². The summed E-state index contributed by atoms with van der Waals surface area (Å²) in [5.74, 6) is -2.16. The zero-order valence-corrected chi connectivity index (χ0v) is 12.5. The molecule has 1 amide bonds. The van der Waals surface area contributed by atoms with Crippen molar-refractivity contribution >= 4 is 29.2 Å². The van der Waals surface area contributed by atoms with Gasteiger partial charge in [0.2, 0.25) is 5.91 Å². The van der Waals surface area contributed by atoms with Crippen LogP contribution in [0.3, 0.4) is 0 Å². The Labute approximate surface area is 128 Å². The second-order valence-electron chi connectivity index (χ2n) is 5.16. The van der Waals surface area contributed by atoms with Crippen LogP contribution in [0, 0.1) is 12.8 Å². The molecule has 1 aliphatic rings. The molecule has 1 fully saturated rings. The van der Waals surface area contributed by atoms with E-state index < -0.39 is 11.9 Å². The Morgan fingerprint density at radius 1 is 1.52 bits per heavy atom. The normalized spacial score (nSPS) is 19.2. The average molecular weight is 312 g/mol. The maximum atomic E-state index is 12.1. The van der Waals surface area contributed by atoms with Crippen molar-refractivity contribution in [2.45, 2.75) is 32.3 Å². The highest BCUT2D eigenvalue weighted by Crippen LogP contribution is 2.26. The Morgan fingerprint density at radius 2 is 2.29 bits per heavy atom. The number of amides is 1. The lowest BCUT2D eigenvalue weighted by Gasteiger charge is -2.18. The molecule has 2 N–H and O–H groups in total. The fourth-order valence-corrected chi connectivity index (χ4v) is 2.62. The number of carbonyl (C=O) groups excluding carboxylic acids is 1. The van der Waals surface area contributed by atoms with Crippen LogP contribution in [0.15, 0.2) is 18.2 Å². The van der Waals surface area contributed by atoms with Crippen molar-refractivity contribution in [3.05, 3.63) is 28.8 Å². The number of hydrogen-bond donors (Lipinski definition) is 2. The van der Waals surface area contributed by atoms with Gasteiger partial charge in [0.1, 0.15) is 0 Å². The highest BCUT2D eigenvalue weighted by Gasteiger charge is 2.33. The second-order valence-corrected chi connectivity index (χ2v) is 5.57. The fourth-order valence-electron chi connectivity index (χ4n) is 2.44. The Kier molecular flexibility index (Phi) is 5.20. The minimum Gasteiger partial charge on any atom is -0.481 e. The van der Waals surface area contributed by atoms with Crippen molar-refractivity contribution in [2.75, 3.05) is 11.9 Å². The molecule has 1 aliphatic heterocycles. The van der Waals surface area contributed by atoms with Crippen LogP contribution in [0.25, 0.3) is 0 Å². The van der Waals surface area contributed by atoms with Gasteiger partial charge < -0.3 is 15.2 Å². The van der Waals surface area contributed by atoms with Gasteiger partial charge in [-0.15, -0.1) is 0 Å². The van der Waals surface area contributed by atoms with Crippen LogP contribution in [0.4, 0.5) is 5.69 Å². The molecule has 1 aromatic carbocycles. The molecule has 0 radical (unpaired) electrons. The van der Waals surface area contributed by atoms with Crippen molar-refractivity contribution in [1.29, 1.82) is 0 Å². The van der Waals surface area contributed by atoms with Crippen molar-refractivity contribution in [3.8, 4) is 0 Å². The molecule has 1 heterocycles. The molecule has 2 rings (SSSR count). The van der Waals surface area contributed by atoms with Gasteiger partial charge >= 0.3 is 5.97 Å². The number of anilines is 1. The Morgan fingerprint density at radius 3 is 2.90 bits per heavy atom. The molecule has 0 aliphatic carbocycles. The van der Waals surface area contributed by atoms with Gasteiger partial charge in [-0.3, -0.25) is 9.59 Å². The highest BCUT2D eigenvalue weighted by atomic mass is 35.5. The van der Waals surface area contributed by atoms with Crippen LogP contribution >= 0.6 is 11.6 Å². The number of ether oxygens (including phenoxy) is 1. The largest absolute Gasteiger partial charge is 0.481 e. The quantitative estimate of drug-likeness (QED) is 0.876. The summed E-state index contributed by atoms with van der Waals surface area (Å²) in [7, 11) is 0. The summed E-state index contributed by atoms with van der Waals surface area (Å²) < 4.78 is 5.39. The summed E-state index contributed by atoms with van der Waals surface area (Å²) in [5.41, 5.74) is 1.36. The first-order chi connectivity index (χ1) is 9.99. The zero-order chi connectivity index (χ0) is 15.4. The average Bonchev–Trinajstić information content (AvgIpc) is 2.95. The molecule has 1 aromatic rings. The van der Waals surface area contributed by atoms with Gasteiger partial charge in [-0.2, -0.15) is 0 Å². The number of halogens is 1. The SMILES string of the molecule is Cc1c(Cl)cccc1NC(=O)C[C@@H](C(=O)O)[C@@H]1CCCO1. The van der Waals surface area contributed by atoms with Gasteiger partial charge in [0.25, 0.3) is 0 Å². The lowest BCUT2D eigenvalue weighted by atomic mass is 9.96. The topological polar surface area (TPSA) is 75.6 Å². The van der Waals surface area contributed by atoms with Gasteiger partial charge in [-0.25, -0.2) is 0 Å². The predicted molar refractivity (Wildman–Crippen MR) is 79.5 cm³/mol. The molecular weight excluding hydrogens is 294 g/mol. The third kappa shape index (κ3) is 3.95. The van der Waals surface area contributed by atoms with Gasteiger partial charge in [-0.05, 0) is 37.5 Å². The van der Waals surface area contributed by atoms with Gasteiger partial charge in [0.05, 0.1) is 12.0 Å². The maximum absolute atomic E-state index is 12.1. The van der Waals surface area contributed by atoms with Crippen LogP contribution < -0.4 is 5.32 Å². The number of carbonyl (C=O) groups is 2. The van der Waals surface area contributed by atoms with Crippen LogP contribution in [-0.2, 0) is 14.3 Å². The molecule has 0 aromatic heterocycles. The molecular formula is C15H18ClNO4. The lowest BCUT2D eigenvalue weighted by molar-refractivity contribution is -0.148. The first kappa shape index (κ1) is 15.8. The van der Waals surface area contributed by atoms with Crippen molar-refractivity contribution in [3.63, 3.8) is 0 Å². The summed E-state index contributed by atoms with van der Waals surface area (Å²) in [4.78, 5) is 23.4. The summed E-state index contributed by atoms with van der Waals surface area (Å²) in [6.07, 6.45) is 1.03. The Hall–Kier alpha value is -1.59. The number of carboxylic acids is 1. The van der Waals surface area contributed by atoms with Crippen molar-refractivity contribution < 1.29 is 19.4 Å². The number of nitrogens with one attached hydrogen (secondary N) is 1. The van der Waals surface area contributed by atoms with E-state index in [1.807, 2.05) is 0 Å². The van der Waals surface area contributed by atoms with E-state index in [4.69, 9.17) is 16.3 Å². The van der Waals surface area contributed by atoms with E-state index in [0.717, 1.165) is 12.0 Å². The minimum absolute atomic E-state index is 0.105. The molecule has 0 saturated carbocycles. The van der Waals surface area contributed by atoms with E-state index in [2.05, 4.69) is 5.32 Å². The fraction of sp³-hybridized carbons (Fsp3) is 0.467. The number of rotatable bonds is 5. The third-order valence-electron chi connectivity index (χ3n) is 3.68. The first-order valence-electron chi connectivity index (χ1n) is 6.88. The molecule has 21 heavy (non-hydrogen) atoms. The standard InChI is InChI=1S/C15H18ClNO4/c1-9-11(16)4-2-5-12(9)17-14(18)8-10(15(19)20)13-6-3-7-21-13/h2,4-5,10,13H,3,6-8H2,1H3,(H,17,18)(H,19,20)/t10-,13+/m1/s1. The van der Waals surface area contributed by atoms with Crippen molar-refractivity contribution in [1.82, 2.24) is 0 Å². The predicted octanol–water partition coefficient (Wildman–Crippen LogP) is 2.86. The van der Waals surface area contributed by atoms with Crippen LogP contribution in [0.5, 0.6) is 0 Å². The zero-order valence-electron chi connectivity index (χ0n) is 11.8. The van der Waals surface area contributed by atoms with E-state index in [1.165, 1.54) is 0 Å². The molecule has 2 atom stereocenters. The van der Waals surface area contributed by atoms with Crippen molar-refractivity contribution in [2.24, 2.45) is 5.92 Å². The van der Waals surface area contributed by atoms with Crippen LogP contribution in [0.1, 0.15) is 24.8 Å². The number of benzene rings is 1. The molecule has 0 bridgehead atoms. The molecule has 0 unspecified atom stereocenters. The van der Waals surface area contributed by atoms with Crippen LogP contribution in [-0.4, -0.2) is 29.7 Å². The summed E-state index contributed by atoms with van der Waals surface area (Å²) >= 11 is 5.99. The molecule has 114 valence electrons. The van der Waals surface area contributed by atoms with Gasteiger partial charge in [-0.1, -0.05) is 17.7 Å². The summed E-state index contributed by atoms with van der Waals surface area (Å²) in [5, 5.41) is 12.5. The first-order valence-corrected chi connectivity index (χ1v) is 7.26. The van der Waals surface area contributed by atoms with Gasteiger partial charge in [0.15, 0.2) is 0 Å². The van der Waals surface area contributed by atoms with E-state index in [-0.39, 0.29) is 18.4 Å². The summed E-state index contributed by atoms with van der Waals surface area (Å²) in [6, 6.07) is 5.21.